The third-order valence-corrected chi connectivity index (χ3v) is 7.53. The molecule has 4 rings (SSSR count). The summed E-state index contributed by atoms with van der Waals surface area (Å²) in [7, 11) is 5.28. The Morgan fingerprint density at radius 2 is 1.81 bits per heavy atom. The maximum absolute atomic E-state index is 14.7. The van der Waals surface area contributed by atoms with Crippen LogP contribution in [0.1, 0.15) is 28.9 Å². The molecular weight excluding hydrogens is 491 g/mol. The lowest BCUT2D eigenvalue weighted by molar-refractivity contribution is -0.152. The molecule has 0 saturated heterocycles. The second-order valence-corrected chi connectivity index (χ2v) is 10.4. The lowest BCUT2D eigenvalue weighted by Crippen LogP contribution is -2.45. The van der Waals surface area contributed by atoms with E-state index in [1.54, 1.807) is 11.0 Å². The van der Waals surface area contributed by atoms with Crippen LogP contribution in [-0.2, 0) is 20.7 Å². The van der Waals surface area contributed by atoms with Gasteiger partial charge in [0.2, 0.25) is 0 Å². The Labute approximate surface area is 221 Å². The summed E-state index contributed by atoms with van der Waals surface area (Å²) in [6, 6.07) is 20.8. The van der Waals surface area contributed by atoms with Gasteiger partial charge in [-0.3, -0.25) is 9.59 Å². The molecule has 3 aromatic carbocycles. The molecule has 0 spiro atoms. The second kappa shape index (κ2) is 11.8. The largest absolute Gasteiger partial charge is 0.494 e. The van der Waals surface area contributed by atoms with E-state index in [0.717, 1.165) is 22.6 Å². The molecule has 2 unspecified atom stereocenters. The van der Waals surface area contributed by atoms with Crippen LogP contribution < -0.4 is 9.64 Å². The predicted molar refractivity (Wildman–Crippen MR) is 144 cm³/mol. The minimum absolute atomic E-state index is 0.107. The van der Waals surface area contributed by atoms with Crippen LogP contribution in [0.15, 0.2) is 71.6 Å². The fourth-order valence-electron chi connectivity index (χ4n) is 4.34. The van der Waals surface area contributed by atoms with Crippen molar-refractivity contribution in [2.75, 3.05) is 39.2 Å². The fraction of sp³-hybridized carbons (Fsp3) is 0.310. The number of halogens is 1. The summed E-state index contributed by atoms with van der Waals surface area (Å²) in [5, 5.41) is -0.646. The number of carbonyl (C=O) groups excluding carboxylic acids is 2. The van der Waals surface area contributed by atoms with E-state index < -0.39 is 23.1 Å². The number of nitrogens with zero attached hydrogens (tertiary/aromatic N) is 2. The lowest BCUT2D eigenvalue weighted by atomic mass is 10.0. The summed E-state index contributed by atoms with van der Waals surface area (Å²) < 4.78 is 25.4. The van der Waals surface area contributed by atoms with Gasteiger partial charge in [0.15, 0.2) is 17.7 Å². The average Bonchev–Trinajstić information content (AvgIpc) is 2.97. The first-order valence-corrected chi connectivity index (χ1v) is 12.9. The first-order valence-electron chi connectivity index (χ1n) is 12.1. The maximum Gasteiger partial charge on any atom is 0.303 e. The molecule has 0 saturated carbocycles. The zero-order valence-corrected chi connectivity index (χ0v) is 22.3. The molecule has 6 nitrogen and oxygen atoms in total. The number of hydrogen-bond donors (Lipinski definition) is 0. The van der Waals surface area contributed by atoms with Crippen LogP contribution >= 0.6 is 11.8 Å². The van der Waals surface area contributed by atoms with E-state index in [2.05, 4.69) is 18.2 Å². The lowest BCUT2D eigenvalue weighted by Gasteiger charge is -2.28. The monoisotopic (exact) mass is 522 g/mol. The molecule has 1 aliphatic rings. The standard InChI is InChI=1S/C29H31FN2O4S/c1-19(33)36-27-28(22-11-13-25(35-4)23(30)18-22)37-26-17-21(16-20-8-6-5-7-9-20)10-12-24(26)32(29(27)34)15-14-31(2)3/h5-13,17-18,27-28H,14-16H2,1-4H3. The minimum Gasteiger partial charge on any atom is -0.494 e. The Balaban J connectivity index is 1.81. The number of carbonyl (C=O) groups is 2. The van der Waals surface area contributed by atoms with Crippen molar-refractivity contribution in [3.05, 3.63) is 89.2 Å². The second-order valence-electron chi connectivity index (χ2n) is 9.22. The molecule has 0 aromatic heterocycles. The van der Waals surface area contributed by atoms with E-state index in [1.807, 2.05) is 49.3 Å². The fourth-order valence-corrected chi connectivity index (χ4v) is 5.71. The summed E-state index contributed by atoms with van der Waals surface area (Å²) in [5.74, 6) is -1.33. The van der Waals surface area contributed by atoms with E-state index in [0.29, 0.717) is 18.7 Å². The third-order valence-electron chi connectivity index (χ3n) is 6.17. The van der Waals surface area contributed by atoms with E-state index >= 15 is 0 Å². The van der Waals surface area contributed by atoms with Crippen molar-refractivity contribution in [3.63, 3.8) is 0 Å². The smallest absolute Gasteiger partial charge is 0.303 e. The summed E-state index contributed by atoms with van der Waals surface area (Å²) in [6.45, 7) is 2.32. The molecule has 194 valence electrons. The number of benzene rings is 3. The van der Waals surface area contributed by atoms with E-state index in [-0.39, 0.29) is 11.7 Å². The molecule has 3 aromatic rings. The highest BCUT2D eigenvalue weighted by atomic mass is 32.2. The molecule has 2 atom stereocenters. The van der Waals surface area contributed by atoms with Crippen molar-refractivity contribution < 1.29 is 23.5 Å². The van der Waals surface area contributed by atoms with Crippen molar-refractivity contribution in [1.29, 1.82) is 0 Å². The third kappa shape index (κ3) is 6.32. The van der Waals surface area contributed by atoms with Crippen molar-refractivity contribution in [1.82, 2.24) is 4.90 Å². The quantitative estimate of drug-likeness (QED) is 0.384. The summed E-state index contributed by atoms with van der Waals surface area (Å²) in [4.78, 5) is 30.6. The van der Waals surface area contributed by atoms with Gasteiger partial charge in [0.25, 0.3) is 5.91 Å². The van der Waals surface area contributed by atoms with Gasteiger partial charge in [0, 0.05) is 24.9 Å². The topological polar surface area (TPSA) is 59.1 Å². The minimum atomic E-state index is -1.12. The van der Waals surface area contributed by atoms with Gasteiger partial charge in [-0.15, -0.1) is 11.8 Å². The van der Waals surface area contributed by atoms with Gasteiger partial charge in [0.05, 0.1) is 18.0 Å². The van der Waals surface area contributed by atoms with Crippen molar-refractivity contribution >= 4 is 29.3 Å². The zero-order chi connectivity index (χ0) is 26.5. The number of hydrogen-bond acceptors (Lipinski definition) is 6. The Morgan fingerprint density at radius 3 is 2.46 bits per heavy atom. The normalized spacial score (nSPS) is 17.4. The maximum atomic E-state index is 14.7. The van der Waals surface area contributed by atoms with Crippen LogP contribution in [0.3, 0.4) is 0 Å². The molecule has 8 heteroatoms. The number of anilines is 1. The average molecular weight is 523 g/mol. The molecule has 1 amide bonds. The van der Waals surface area contributed by atoms with Crippen LogP contribution in [0.4, 0.5) is 10.1 Å². The van der Waals surface area contributed by atoms with Gasteiger partial charge in [-0.05, 0) is 61.5 Å². The van der Waals surface area contributed by atoms with Crippen molar-refractivity contribution in [2.24, 2.45) is 0 Å². The first-order chi connectivity index (χ1) is 17.8. The van der Waals surface area contributed by atoms with E-state index in [9.17, 15) is 14.0 Å². The van der Waals surface area contributed by atoms with Gasteiger partial charge in [-0.2, -0.15) is 0 Å². The predicted octanol–water partition coefficient (Wildman–Crippen LogP) is 5.10. The van der Waals surface area contributed by atoms with Crippen molar-refractivity contribution in [3.8, 4) is 5.75 Å². The molecule has 0 bridgehead atoms. The SMILES string of the molecule is COc1ccc(C2Sc3cc(Cc4ccccc4)ccc3N(CCN(C)C)C(=O)C2OC(C)=O)cc1F. The van der Waals surface area contributed by atoms with Crippen LogP contribution in [0, 0.1) is 5.82 Å². The summed E-state index contributed by atoms with van der Waals surface area (Å²) in [6.07, 6.45) is -0.391. The van der Waals surface area contributed by atoms with Gasteiger partial charge >= 0.3 is 5.97 Å². The van der Waals surface area contributed by atoms with Gasteiger partial charge in [0.1, 0.15) is 0 Å². The number of methoxy groups -OCH3 is 1. The molecular formula is C29H31FN2O4S. The Kier molecular flexibility index (Phi) is 8.51. The number of fused-ring (bicyclic) bond motifs is 1. The Morgan fingerprint density at radius 1 is 1.05 bits per heavy atom. The molecule has 0 aliphatic carbocycles. The van der Waals surface area contributed by atoms with Gasteiger partial charge in [-0.25, -0.2) is 4.39 Å². The van der Waals surface area contributed by atoms with Gasteiger partial charge < -0.3 is 19.3 Å². The van der Waals surface area contributed by atoms with Gasteiger partial charge in [-0.1, -0.05) is 42.5 Å². The summed E-state index contributed by atoms with van der Waals surface area (Å²) in [5.41, 5.74) is 3.55. The number of ether oxygens (including phenoxy) is 2. The van der Waals surface area contributed by atoms with Crippen LogP contribution in [0.25, 0.3) is 0 Å². The van der Waals surface area contributed by atoms with Crippen LogP contribution in [0.5, 0.6) is 5.75 Å². The highest BCUT2D eigenvalue weighted by Gasteiger charge is 2.41. The molecule has 1 aliphatic heterocycles. The molecule has 37 heavy (non-hydrogen) atoms. The zero-order valence-electron chi connectivity index (χ0n) is 21.4. The molecule has 0 N–H and O–H groups in total. The molecule has 0 fully saturated rings. The summed E-state index contributed by atoms with van der Waals surface area (Å²) >= 11 is 1.41. The molecule has 1 heterocycles. The first kappa shape index (κ1) is 26.7. The van der Waals surface area contributed by atoms with Crippen LogP contribution in [0.2, 0.25) is 0 Å². The van der Waals surface area contributed by atoms with Crippen molar-refractivity contribution in [2.45, 2.75) is 29.6 Å². The number of rotatable bonds is 8. The number of esters is 1. The number of amides is 1. The molecule has 0 radical (unpaired) electrons. The van der Waals surface area contributed by atoms with Crippen LogP contribution in [-0.4, -0.2) is 57.2 Å². The Bertz CT molecular complexity index is 1270. The Hall–Kier alpha value is -3.36. The number of likely N-dealkylation sites (N-methyl/N-ethyl adjacent to an activating group) is 1. The highest BCUT2D eigenvalue weighted by molar-refractivity contribution is 7.99. The number of thioether (sulfide) groups is 1. The highest BCUT2D eigenvalue weighted by Crippen LogP contribution is 2.47. The van der Waals surface area contributed by atoms with E-state index in [4.69, 9.17) is 9.47 Å². The van der Waals surface area contributed by atoms with E-state index in [1.165, 1.54) is 43.5 Å².